The lowest BCUT2D eigenvalue weighted by atomic mass is 10.1. The molecule has 0 aliphatic carbocycles. The van der Waals surface area contributed by atoms with Crippen LogP contribution in [0.4, 0.5) is 0 Å². The summed E-state index contributed by atoms with van der Waals surface area (Å²) in [6, 6.07) is 0. The lowest BCUT2D eigenvalue weighted by Crippen LogP contribution is -2.30. The maximum absolute atomic E-state index is 5.68. The van der Waals surface area contributed by atoms with E-state index in [2.05, 4.69) is 5.32 Å². The molecule has 0 spiro atoms. The van der Waals surface area contributed by atoms with Crippen LogP contribution in [-0.4, -0.2) is 38.5 Å². The van der Waals surface area contributed by atoms with Gasteiger partial charge in [0.25, 0.3) is 0 Å². The van der Waals surface area contributed by atoms with Gasteiger partial charge < -0.3 is 14.8 Å². The summed E-state index contributed by atoms with van der Waals surface area (Å²) in [7, 11) is 0. The summed E-state index contributed by atoms with van der Waals surface area (Å²) < 4.78 is 11.2. The monoisotopic (exact) mass is 213 g/mol. The number of nitrogens with one attached hydrogen (secondary N) is 1. The average Bonchev–Trinajstić information content (AvgIpc) is 2.79. The molecule has 15 heavy (non-hydrogen) atoms. The predicted molar refractivity (Wildman–Crippen MR) is 60.1 cm³/mol. The van der Waals surface area contributed by atoms with Crippen molar-refractivity contribution in [3.05, 3.63) is 0 Å². The van der Waals surface area contributed by atoms with Crippen molar-refractivity contribution in [2.24, 2.45) is 0 Å². The SMILES string of the molecule is C1CCC(CCNCC2CCCO2)OC1. The van der Waals surface area contributed by atoms with E-state index in [1.165, 1.54) is 32.1 Å². The fourth-order valence-electron chi connectivity index (χ4n) is 2.37. The van der Waals surface area contributed by atoms with Crippen molar-refractivity contribution in [1.29, 1.82) is 0 Å². The summed E-state index contributed by atoms with van der Waals surface area (Å²) in [4.78, 5) is 0. The highest BCUT2D eigenvalue weighted by molar-refractivity contribution is 4.69. The van der Waals surface area contributed by atoms with Crippen molar-refractivity contribution >= 4 is 0 Å². The molecule has 2 heterocycles. The zero-order valence-electron chi connectivity index (χ0n) is 9.54. The molecule has 0 bridgehead atoms. The molecule has 2 aliphatic rings. The molecule has 0 aromatic heterocycles. The number of rotatable bonds is 5. The van der Waals surface area contributed by atoms with Gasteiger partial charge in [-0.05, 0) is 45.1 Å². The molecule has 0 amide bonds. The topological polar surface area (TPSA) is 30.5 Å². The van der Waals surface area contributed by atoms with Crippen LogP contribution in [0.5, 0.6) is 0 Å². The van der Waals surface area contributed by atoms with Gasteiger partial charge in [0.1, 0.15) is 0 Å². The molecule has 2 unspecified atom stereocenters. The van der Waals surface area contributed by atoms with Crippen molar-refractivity contribution in [3.8, 4) is 0 Å². The van der Waals surface area contributed by atoms with Crippen LogP contribution in [-0.2, 0) is 9.47 Å². The summed E-state index contributed by atoms with van der Waals surface area (Å²) >= 11 is 0. The molecule has 2 aliphatic heterocycles. The smallest absolute Gasteiger partial charge is 0.0700 e. The van der Waals surface area contributed by atoms with E-state index in [-0.39, 0.29) is 0 Å². The van der Waals surface area contributed by atoms with E-state index < -0.39 is 0 Å². The van der Waals surface area contributed by atoms with E-state index in [0.29, 0.717) is 12.2 Å². The van der Waals surface area contributed by atoms with Crippen molar-refractivity contribution < 1.29 is 9.47 Å². The van der Waals surface area contributed by atoms with Crippen molar-refractivity contribution in [2.75, 3.05) is 26.3 Å². The first-order chi connectivity index (χ1) is 7.45. The maximum Gasteiger partial charge on any atom is 0.0700 e. The minimum absolute atomic E-state index is 0.470. The Morgan fingerprint density at radius 3 is 2.47 bits per heavy atom. The summed E-state index contributed by atoms with van der Waals surface area (Å²) in [5.74, 6) is 0. The molecule has 2 rings (SSSR count). The lowest BCUT2D eigenvalue weighted by Gasteiger charge is -2.22. The summed E-state index contributed by atoms with van der Waals surface area (Å²) in [5, 5.41) is 3.47. The molecule has 3 nitrogen and oxygen atoms in total. The third-order valence-electron chi connectivity index (χ3n) is 3.31. The molecule has 2 saturated heterocycles. The first kappa shape index (κ1) is 11.4. The van der Waals surface area contributed by atoms with Crippen LogP contribution in [0.1, 0.15) is 38.5 Å². The molecule has 0 aromatic carbocycles. The largest absolute Gasteiger partial charge is 0.378 e. The highest BCUT2D eigenvalue weighted by Gasteiger charge is 2.16. The van der Waals surface area contributed by atoms with Crippen LogP contribution >= 0.6 is 0 Å². The van der Waals surface area contributed by atoms with Crippen LogP contribution in [0.15, 0.2) is 0 Å². The van der Waals surface area contributed by atoms with Crippen LogP contribution in [0.2, 0.25) is 0 Å². The fourth-order valence-corrected chi connectivity index (χ4v) is 2.37. The second-order valence-corrected chi connectivity index (χ2v) is 4.62. The Kier molecular flexibility index (Phi) is 4.90. The van der Waals surface area contributed by atoms with Gasteiger partial charge in [-0.1, -0.05) is 0 Å². The van der Waals surface area contributed by atoms with Crippen LogP contribution < -0.4 is 5.32 Å². The minimum Gasteiger partial charge on any atom is -0.378 e. The molecule has 88 valence electrons. The van der Waals surface area contributed by atoms with E-state index in [4.69, 9.17) is 9.47 Å². The first-order valence-electron chi connectivity index (χ1n) is 6.39. The third kappa shape index (κ3) is 4.09. The Balaban J connectivity index is 1.47. The van der Waals surface area contributed by atoms with Gasteiger partial charge in [-0.3, -0.25) is 0 Å². The highest BCUT2D eigenvalue weighted by atomic mass is 16.5. The molecule has 0 radical (unpaired) electrons. The minimum atomic E-state index is 0.470. The summed E-state index contributed by atoms with van der Waals surface area (Å²) in [5.41, 5.74) is 0. The van der Waals surface area contributed by atoms with Crippen molar-refractivity contribution in [3.63, 3.8) is 0 Å². The number of hydrogen-bond acceptors (Lipinski definition) is 3. The molecule has 0 aromatic rings. The third-order valence-corrected chi connectivity index (χ3v) is 3.31. The van der Waals surface area contributed by atoms with E-state index in [1.54, 1.807) is 0 Å². The van der Waals surface area contributed by atoms with Crippen molar-refractivity contribution in [1.82, 2.24) is 5.32 Å². The lowest BCUT2D eigenvalue weighted by molar-refractivity contribution is 0.0109. The Labute approximate surface area is 92.5 Å². The van der Waals surface area contributed by atoms with Crippen LogP contribution in [0.25, 0.3) is 0 Å². The molecule has 2 atom stereocenters. The quantitative estimate of drug-likeness (QED) is 0.705. The van der Waals surface area contributed by atoms with E-state index in [9.17, 15) is 0 Å². The summed E-state index contributed by atoms with van der Waals surface area (Å²) in [6.07, 6.45) is 8.45. The van der Waals surface area contributed by atoms with E-state index in [0.717, 1.165) is 32.7 Å². The van der Waals surface area contributed by atoms with Crippen molar-refractivity contribution in [2.45, 2.75) is 50.7 Å². The van der Waals surface area contributed by atoms with Gasteiger partial charge in [0.2, 0.25) is 0 Å². The zero-order valence-corrected chi connectivity index (χ0v) is 9.54. The van der Waals surface area contributed by atoms with Gasteiger partial charge in [-0.15, -0.1) is 0 Å². The van der Waals surface area contributed by atoms with Gasteiger partial charge in [0.05, 0.1) is 12.2 Å². The van der Waals surface area contributed by atoms with Gasteiger partial charge >= 0.3 is 0 Å². The van der Waals surface area contributed by atoms with E-state index >= 15 is 0 Å². The normalized spacial score (nSPS) is 32.0. The fraction of sp³-hybridized carbons (Fsp3) is 1.00. The number of hydrogen-bond donors (Lipinski definition) is 1. The molecule has 2 fully saturated rings. The molecule has 0 saturated carbocycles. The Hall–Kier alpha value is -0.120. The zero-order chi connectivity index (χ0) is 10.3. The van der Waals surface area contributed by atoms with Gasteiger partial charge in [-0.25, -0.2) is 0 Å². The molecule has 1 N–H and O–H groups in total. The van der Waals surface area contributed by atoms with Crippen LogP contribution in [0.3, 0.4) is 0 Å². The van der Waals surface area contributed by atoms with E-state index in [1.807, 2.05) is 0 Å². The van der Waals surface area contributed by atoms with Crippen LogP contribution in [0, 0.1) is 0 Å². The first-order valence-corrected chi connectivity index (χ1v) is 6.39. The average molecular weight is 213 g/mol. The second-order valence-electron chi connectivity index (χ2n) is 4.62. The number of ether oxygens (including phenoxy) is 2. The summed E-state index contributed by atoms with van der Waals surface area (Å²) in [6.45, 7) is 4.02. The van der Waals surface area contributed by atoms with Gasteiger partial charge in [0, 0.05) is 19.8 Å². The molecule has 3 heteroatoms. The van der Waals surface area contributed by atoms with Gasteiger partial charge in [0.15, 0.2) is 0 Å². The molecular weight excluding hydrogens is 190 g/mol. The Morgan fingerprint density at radius 2 is 1.73 bits per heavy atom. The van der Waals surface area contributed by atoms with Gasteiger partial charge in [-0.2, -0.15) is 0 Å². The standard InChI is InChI=1S/C12H23NO2/c1-2-8-14-11(4-1)6-7-13-10-12-5-3-9-15-12/h11-13H,1-10H2. The Morgan fingerprint density at radius 1 is 0.933 bits per heavy atom. The second kappa shape index (κ2) is 6.46. The molecular formula is C12H23NO2. The maximum atomic E-state index is 5.68. The predicted octanol–water partition coefficient (Wildman–Crippen LogP) is 1.71. The Bertz CT molecular complexity index is 163. The highest BCUT2D eigenvalue weighted by Crippen LogP contribution is 2.15.